The van der Waals surface area contributed by atoms with Gasteiger partial charge in [-0.2, -0.15) is 0 Å². The lowest BCUT2D eigenvalue weighted by molar-refractivity contribution is -0.0107. The Kier molecular flexibility index (Phi) is 3.97. The van der Waals surface area contributed by atoms with Crippen LogP contribution in [0.15, 0.2) is 29.3 Å². The first kappa shape index (κ1) is 18.5. The molecule has 0 bridgehead atoms. The van der Waals surface area contributed by atoms with Crippen molar-refractivity contribution < 1.29 is 9.53 Å². The van der Waals surface area contributed by atoms with Crippen molar-refractivity contribution in [3.05, 3.63) is 34.8 Å². The Morgan fingerprint density at radius 2 is 1.89 bits per heavy atom. The van der Waals surface area contributed by atoms with Crippen LogP contribution in [-0.2, 0) is 4.74 Å². The van der Waals surface area contributed by atoms with Crippen LogP contribution in [-0.4, -0.2) is 27.1 Å². The molecule has 0 atom stereocenters. The van der Waals surface area contributed by atoms with Gasteiger partial charge in [0.25, 0.3) is 0 Å². The van der Waals surface area contributed by atoms with Gasteiger partial charge in [0.05, 0.1) is 27.0 Å². The average molecular weight is 385 g/mol. The predicted molar refractivity (Wildman–Crippen MR) is 111 cm³/mol. The maximum absolute atomic E-state index is 13.2. The Morgan fingerprint density at radius 3 is 2.44 bits per heavy atom. The summed E-state index contributed by atoms with van der Waals surface area (Å²) in [6.45, 7) is 12.5. The molecule has 1 aromatic carbocycles. The van der Waals surface area contributed by atoms with Crippen LogP contribution >= 0.6 is 11.3 Å². The minimum atomic E-state index is -0.510. The Balaban J connectivity index is 1.86. The molecule has 1 spiro atoms. The molecule has 0 N–H and O–H groups in total. The number of carbonyl (C=O) groups is 1. The SMILES string of the molecule is CC(C)(C)OC(=O)N1C(c2ccc3scnc3c2)=C(C(C)(C)C)C12CCC2. The number of hydrogen-bond acceptors (Lipinski definition) is 4. The average Bonchev–Trinajstić information content (AvgIpc) is 2.88. The molecule has 2 heterocycles. The van der Waals surface area contributed by atoms with E-state index in [0.29, 0.717) is 0 Å². The van der Waals surface area contributed by atoms with Gasteiger partial charge in [-0.05, 0) is 63.2 Å². The highest BCUT2D eigenvalue weighted by Gasteiger charge is 2.61. The van der Waals surface area contributed by atoms with E-state index in [0.717, 1.165) is 40.7 Å². The quantitative estimate of drug-likeness (QED) is 0.585. The van der Waals surface area contributed by atoms with Crippen LogP contribution in [0.25, 0.3) is 15.9 Å². The summed E-state index contributed by atoms with van der Waals surface area (Å²) >= 11 is 1.64. The second-order valence-electron chi connectivity index (χ2n) is 9.71. The molecule has 1 saturated carbocycles. The number of nitrogens with zero attached hydrogens (tertiary/aromatic N) is 2. The molecule has 1 aliphatic heterocycles. The van der Waals surface area contributed by atoms with Crippen molar-refractivity contribution in [3.8, 4) is 0 Å². The van der Waals surface area contributed by atoms with Gasteiger partial charge in [0.1, 0.15) is 5.60 Å². The zero-order valence-corrected chi connectivity index (χ0v) is 17.9. The van der Waals surface area contributed by atoms with Gasteiger partial charge in [0, 0.05) is 5.56 Å². The second-order valence-corrected chi connectivity index (χ2v) is 10.6. The molecule has 2 aromatic rings. The fourth-order valence-electron chi connectivity index (χ4n) is 4.50. The summed E-state index contributed by atoms with van der Waals surface area (Å²) in [5.74, 6) is 0. The Labute approximate surface area is 165 Å². The number of amides is 1. The molecule has 0 unspecified atom stereocenters. The van der Waals surface area contributed by atoms with Gasteiger partial charge in [-0.15, -0.1) is 11.3 Å². The van der Waals surface area contributed by atoms with Crippen molar-refractivity contribution in [2.45, 2.75) is 71.9 Å². The number of aromatic nitrogens is 1. The smallest absolute Gasteiger partial charge is 0.415 e. The van der Waals surface area contributed by atoms with E-state index in [1.54, 1.807) is 11.3 Å². The van der Waals surface area contributed by atoms with Crippen molar-refractivity contribution >= 4 is 33.3 Å². The number of ether oxygens (including phenoxy) is 1. The molecular formula is C22H28N2O2S. The van der Waals surface area contributed by atoms with E-state index in [1.165, 1.54) is 5.57 Å². The van der Waals surface area contributed by atoms with E-state index < -0.39 is 5.60 Å². The van der Waals surface area contributed by atoms with Crippen molar-refractivity contribution in [3.63, 3.8) is 0 Å². The fraction of sp³-hybridized carbons (Fsp3) is 0.545. The van der Waals surface area contributed by atoms with Gasteiger partial charge in [-0.1, -0.05) is 26.8 Å². The third-order valence-electron chi connectivity index (χ3n) is 5.46. The summed E-state index contributed by atoms with van der Waals surface area (Å²) in [5, 5.41) is 0. The van der Waals surface area contributed by atoms with E-state index in [2.05, 4.69) is 44.0 Å². The normalized spacial score (nSPS) is 19.3. The number of benzene rings is 1. The van der Waals surface area contributed by atoms with Gasteiger partial charge >= 0.3 is 6.09 Å². The molecule has 4 rings (SSSR count). The predicted octanol–water partition coefficient (Wildman–Crippen LogP) is 6.23. The van der Waals surface area contributed by atoms with E-state index in [-0.39, 0.29) is 17.0 Å². The lowest BCUT2D eigenvalue weighted by atomic mass is 9.57. The molecule has 0 radical (unpaired) electrons. The van der Waals surface area contributed by atoms with Gasteiger partial charge in [0.15, 0.2) is 0 Å². The van der Waals surface area contributed by atoms with Crippen LogP contribution in [0.3, 0.4) is 0 Å². The molecule has 5 heteroatoms. The molecule has 144 valence electrons. The van der Waals surface area contributed by atoms with E-state index in [9.17, 15) is 4.79 Å². The first-order chi connectivity index (χ1) is 12.5. The highest BCUT2D eigenvalue weighted by molar-refractivity contribution is 7.16. The summed E-state index contributed by atoms with van der Waals surface area (Å²) in [7, 11) is 0. The van der Waals surface area contributed by atoms with Crippen molar-refractivity contribution in [2.75, 3.05) is 0 Å². The van der Waals surface area contributed by atoms with Gasteiger partial charge in [-0.25, -0.2) is 9.78 Å². The minimum Gasteiger partial charge on any atom is -0.443 e. The summed E-state index contributed by atoms with van der Waals surface area (Å²) < 4.78 is 6.96. The summed E-state index contributed by atoms with van der Waals surface area (Å²) in [4.78, 5) is 19.6. The molecule has 1 amide bonds. The van der Waals surface area contributed by atoms with Crippen LogP contribution in [0.5, 0.6) is 0 Å². The molecule has 1 fully saturated rings. The largest absolute Gasteiger partial charge is 0.443 e. The van der Waals surface area contributed by atoms with E-state index in [1.807, 2.05) is 31.2 Å². The number of carbonyl (C=O) groups excluding carboxylic acids is 1. The Bertz CT molecular complexity index is 939. The molecule has 4 nitrogen and oxygen atoms in total. The number of hydrogen-bond donors (Lipinski definition) is 0. The van der Waals surface area contributed by atoms with Crippen molar-refractivity contribution in [2.24, 2.45) is 5.41 Å². The van der Waals surface area contributed by atoms with Crippen LogP contribution in [0.1, 0.15) is 66.4 Å². The van der Waals surface area contributed by atoms with Gasteiger partial charge in [0.2, 0.25) is 0 Å². The number of fused-ring (bicyclic) bond motifs is 1. The molecule has 1 aromatic heterocycles. The second kappa shape index (κ2) is 5.81. The summed E-state index contributed by atoms with van der Waals surface area (Å²) in [6, 6.07) is 6.33. The number of thiazole rings is 1. The molecule has 27 heavy (non-hydrogen) atoms. The maximum atomic E-state index is 13.2. The fourth-order valence-corrected chi connectivity index (χ4v) is 5.15. The van der Waals surface area contributed by atoms with Crippen LogP contribution in [0.2, 0.25) is 0 Å². The summed E-state index contributed by atoms with van der Waals surface area (Å²) in [6.07, 6.45) is 2.95. The molecule has 2 aliphatic rings. The van der Waals surface area contributed by atoms with E-state index in [4.69, 9.17) is 4.74 Å². The third-order valence-corrected chi connectivity index (χ3v) is 6.27. The molecule has 1 aliphatic carbocycles. The minimum absolute atomic E-state index is 0.00863. The zero-order chi connectivity index (χ0) is 19.6. The van der Waals surface area contributed by atoms with Crippen LogP contribution in [0.4, 0.5) is 4.79 Å². The van der Waals surface area contributed by atoms with Gasteiger partial charge in [-0.3, -0.25) is 4.90 Å². The van der Waals surface area contributed by atoms with Crippen LogP contribution < -0.4 is 0 Å². The molecule has 0 saturated heterocycles. The van der Waals surface area contributed by atoms with E-state index >= 15 is 0 Å². The standard InChI is InChI=1S/C22H28N2O2S/c1-20(2,3)18-17(14-8-9-16-15(12-14)23-13-27-16)24(22(18)10-7-11-22)19(25)26-21(4,5)6/h8-9,12-13H,7,10-11H2,1-6H3. The zero-order valence-electron chi connectivity index (χ0n) is 17.0. The van der Waals surface area contributed by atoms with Crippen LogP contribution in [0, 0.1) is 5.41 Å². The highest BCUT2D eigenvalue weighted by atomic mass is 32.1. The number of rotatable bonds is 1. The lowest BCUT2D eigenvalue weighted by Crippen LogP contribution is -2.66. The first-order valence-electron chi connectivity index (χ1n) is 9.65. The Hall–Kier alpha value is -1.88. The van der Waals surface area contributed by atoms with Crippen molar-refractivity contribution in [1.29, 1.82) is 0 Å². The van der Waals surface area contributed by atoms with Crippen molar-refractivity contribution in [1.82, 2.24) is 9.88 Å². The maximum Gasteiger partial charge on any atom is 0.415 e. The first-order valence-corrected chi connectivity index (χ1v) is 10.5. The molecular weight excluding hydrogens is 356 g/mol. The lowest BCUT2D eigenvalue weighted by Gasteiger charge is -2.63. The topological polar surface area (TPSA) is 42.4 Å². The third kappa shape index (κ3) is 2.87. The monoisotopic (exact) mass is 384 g/mol. The summed E-state index contributed by atoms with van der Waals surface area (Å²) in [5.41, 5.74) is 5.61. The Morgan fingerprint density at radius 1 is 1.19 bits per heavy atom. The van der Waals surface area contributed by atoms with Gasteiger partial charge < -0.3 is 4.74 Å². The highest BCUT2D eigenvalue weighted by Crippen LogP contribution is 2.62.